The van der Waals surface area contributed by atoms with Gasteiger partial charge in [-0.1, -0.05) is 0 Å². The van der Waals surface area contributed by atoms with Crippen molar-refractivity contribution in [3.8, 4) is 0 Å². The molecule has 4 rings (SSSR count). The minimum atomic E-state index is 0.117. The molecule has 3 nitrogen and oxygen atoms in total. The maximum Gasteiger partial charge on any atom is 0.220 e. The van der Waals surface area contributed by atoms with Crippen molar-refractivity contribution in [1.29, 1.82) is 0 Å². The summed E-state index contributed by atoms with van der Waals surface area (Å²) in [7, 11) is 0. The molecule has 16 heavy (non-hydrogen) atoms. The van der Waals surface area contributed by atoms with E-state index >= 15 is 0 Å². The molecule has 2 saturated heterocycles. The summed E-state index contributed by atoms with van der Waals surface area (Å²) in [5.74, 6) is 1.76. The molecule has 0 radical (unpaired) electrons. The Morgan fingerprint density at radius 3 is 2.50 bits per heavy atom. The lowest BCUT2D eigenvalue weighted by molar-refractivity contribution is -0.120. The van der Waals surface area contributed by atoms with Gasteiger partial charge < -0.3 is 10.1 Å². The second-order valence-electron chi connectivity index (χ2n) is 6.30. The standard InChI is InChI=1S/C13H19NO2/c15-11-7-9(10-8-12(10)1-2-12)13(14-11)3-5-16-6-4-13/h9-10H,1-8H2,(H,14,15). The first-order chi connectivity index (χ1) is 7.74. The smallest absolute Gasteiger partial charge is 0.220 e. The van der Waals surface area contributed by atoms with Gasteiger partial charge in [0, 0.05) is 25.2 Å². The van der Waals surface area contributed by atoms with Crippen LogP contribution in [0.2, 0.25) is 0 Å². The Labute approximate surface area is 95.9 Å². The van der Waals surface area contributed by atoms with Crippen LogP contribution in [0.4, 0.5) is 0 Å². The van der Waals surface area contributed by atoms with Crippen LogP contribution in [0.3, 0.4) is 0 Å². The molecule has 0 aromatic carbocycles. The van der Waals surface area contributed by atoms with E-state index in [9.17, 15) is 4.79 Å². The molecule has 4 aliphatic rings. The van der Waals surface area contributed by atoms with Crippen LogP contribution in [-0.2, 0) is 9.53 Å². The van der Waals surface area contributed by atoms with E-state index in [2.05, 4.69) is 5.32 Å². The summed E-state index contributed by atoms with van der Waals surface area (Å²) in [6.45, 7) is 1.66. The molecule has 2 unspecified atom stereocenters. The summed E-state index contributed by atoms with van der Waals surface area (Å²) < 4.78 is 5.46. The van der Waals surface area contributed by atoms with E-state index in [1.807, 2.05) is 0 Å². The quantitative estimate of drug-likeness (QED) is 0.728. The van der Waals surface area contributed by atoms with E-state index in [1.165, 1.54) is 19.3 Å². The molecule has 2 saturated carbocycles. The zero-order valence-corrected chi connectivity index (χ0v) is 9.63. The van der Waals surface area contributed by atoms with Gasteiger partial charge in [0.15, 0.2) is 0 Å². The van der Waals surface area contributed by atoms with Crippen molar-refractivity contribution < 1.29 is 9.53 Å². The Hall–Kier alpha value is -0.570. The highest BCUT2D eigenvalue weighted by molar-refractivity contribution is 5.80. The van der Waals surface area contributed by atoms with Gasteiger partial charge in [-0.25, -0.2) is 0 Å². The molecule has 0 aromatic heterocycles. The van der Waals surface area contributed by atoms with E-state index in [0.717, 1.165) is 38.4 Å². The molecule has 1 N–H and O–H groups in total. The average molecular weight is 221 g/mol. The van der Waals surface area contributed by atoms with Gasteiger partial charge in [0.05, 0.1) is 0 Å². The van der Waals surface area contributed by atoms with Gasteiger partial charge in [-0.3, -0.25) is 4.79 Å². The number of ether oxygens (including phenoxy) is 1. The first-order valence-corrected chi connectivity index (χ1v) is 6.63. The van der Waals surface area contributed by atoms with Crippen molar-refractivity contribution in [1.82, 2.24) is 5.32 Å². The van der Waals surface area contributed by atoms with Crippen LogP contribution in [0.5, 0.6) is 0 Å². The predicted octanol–water partition coefficient (Wildman–Crippen LogP) is 1.47. The Kier molecular flexibility index (Phi) is 1.66. The third kappa shape index (κ3) is 1.15. The number of hydrogen-bond donors (Lipinski definition) is 1. The molecule has 2 spiro atoms. The van der Waals surface area contributed by atoms with Crippen LogP contribution in [-0.4, -0.2) is 24.7 Å². The minimum Gasteiger partial charge on any atom is -0.381 e. The Morgan fingerprint density at radius 2 is 1.88 bits per heavy atom. The second kappa shape index (κ2) is 2.81. The van der Waals surface area contributed by atoms with E-state index in [-0.39, 0.29) is 11.4 Å². The van der Waals surface area contributed by atoms with Gasteiger partial charge in [-0.2, -0.15) is 0 Å². The van der Waals surface area contributed by atoms with E-state index in [1.54, 1.807) is 0 Å². The lowest BCUT2D eigenvalue weighted by atomic mass is 9.76. The number of nitrogens with one attached hydrogen (secondary N) is 1. The largest absolute Gasteiger partial charge is 0.381 e. The Balaban J connectivity index is 1.60. The number of carbonyl (C=O) groups excluding carboxylic acids is 1. The van der Waals surface area contributed by atoms with Gasteiger partial charge >= 0.3 is 0 Å². The number of hydrogen-bond acceptors (Lipinski definition) is 2. The van der Waals surface area contributed by atoms with E-state index in [4.69, 9.17) is 4.74 Å². The molecular formula is C13H19NO2. The fraction of sp³-hybridized carbons (Fsp3) is 0.923. The summed E-state index contributed by atoms with van der Waals surface area (Å²) in [5, 5.41) is 3.29. The van der Waals surface area contributed by atoms with Gasteiger partial charge in [0.2, 0.25) is 5.91 Å². The summed E-state index contributed by atoms with van der Waals surface area (Å²) >= 11 is 0. The molecule has 1 amide bonds. The number of amides is 1. The highest BCUT2D eigenvalue weighted by Gasteiger charge is 2.69. The van der Waals surface area contributed by atoms with Crippen LogP contribution >= 0.6 is 0 Å². The second-order valence-corrected chi connectivity index (χ2v) is 6.30. The van der Waals surface area contributed by atoms with Crippen molar-refractivity contribution in [3.63, 3.8) is 0 Å². The molecule has 2 heterocycles. The molecule has 3 heteroatoms. The Bertz CT molecular complexity index is 342. The summed E-state index contributed by atoms with van der Waals surface area (Å²) in [6, 6.07) is 0. The van der Waals surface area contributed by atoms with Crippen LogP contribution < -0.4 is 5.32 Å². The normalized spacial score (nSPS) is 42.4. The number of rotatable bonds is 1. The van der Waals surface area contributed by atoms with Crippen LogP contribution in [0.25, 0.3) is 0 Å². The zero-order valence-electron chi connectivity index (χ0n) is 9.63. The van der Waals surface area contributed by atoms with Crippen molar-refractivity contribution >= 4 is 5.91 Å². The van der Waals surface area contributed by atoms with Gasteiger partial charge in [-0.05, 0) is 49.4 Å². The van der Waals surface area contributed by atoms with Gasteiger partial charge in [0.25, 0.3) is 0 Å². The van der Waals surface area contributed by atoms with Crippen LogP contribution in [0.15, 0.2) is 0 Å². The van der Waals surface area contributed by atoms with Crippen LogP contribution in [0, 0.1) is 17.3 Å². The summed E-state index contributed by atoms with van der Waals surface area (Å²) in [6.07, 6.45) is 7.11. The maximum atomic E-state index is 11.7. The maximum absolute atomic E-state index is 11.7. The third-order valence-corrected chi connectivity index (χ3v) is 5.52. The minimum absolute atomic E-state index is 0.117. The molecule has 0 aromatic rings. The average Bonchev–Trinajstić information content (AvgIpc) is 3.17. The van der Waals surface area contributed by atoms with Crippen molar-refractivity contribution in [3.05, 3.63) is 0 Å². The molecule has 2 atom stereocenters. The predicted molar refractivity (Wildman–Crippen MR) is 58.8 cm³/mol. The van der Waals surface area contributed by atoms with Crippen LogP contribution in [0.1, 0.15) is 38.5 Å². The summed E-state index contributed by atoms with van der Waals surface area (Å²) in [5.41, 5.74) is 0.828. The van der Waals surface area contributed by atoms with Gasteiger partial charge in [0.1, 0.15) is 0 Å². The zero-order chi connectivity index (χ0) is 10.8. The first kappa shape index (κ1) is 9.46. The van der Waals surface area contributed by atoms with E-state index < -0.39 is 0 Å². The molecule has 2 aliphatic heterocycles. The fourth-order valence-electron chi connectivity index (χ4n) is 4.26. The summed E-state index contributed by atoms with van der Waals surface area (Å²) in [4.78, 5) is 11.7. The van der Waals surface area contributed by atoms with Crippen molar-refractivity contribution in [2.75, 3.05) is 13.2 Å². The molecular weight excluding hydrogens is 202 g/mol. The van der Waals surface area contributed by atoms with Gasteiger partial charge in [-0.15, -0.1) is 0 Å². The highest BCUT2D eigenvalue weighted by Crippen LogP contribution is 2.75. The first-order valence-electron chi connectivity index (χ1n) is 6.63. The SMILES string of the molecule is O=C1CC(C2CC23CC3)C2(CCOCC2)N1. The lowest BCUT2D eigenvalue weighted by Gasteiger charge is -2.38. The van der Waals surface area contributed by atoms with Crippen molar-refractivity contribution in [2.45, 2.75) is 44.1 Å². The molecule has 2 aliphatic carbocycles. The molecule has 4 fully saturated rings. The highest BCUT2D eigenvalue weighted by atomic mass is 16.5. The monoisotopic (exact) mass is 221 g/mol. The third-order valence-electron chi connectivity index (χ3n) is 5.52. The fourth-order valence-corrected chi connectivity index (χ4v) is 4.26. The Morgan fingerprint density at radius 1 is 1.12 bits per heavy atom. The van der Waals surface area contributed by atoms with Crippen molar-refractivity contribution in [2.24, 2.45) is 17.3 Å². The molecule has 88 valence electrons. The molecule has 0 bridgehead atoms. The number of carbonyl (C=O) groups is 1. The lowest BCUT2D eigenvalue weighted by Crippen LogP contribution is -2.50. The topological polar surface area (TPSA) is 38.3 Å². The van der Waals surface area contributed by atoms with E-state index in [0.29, 0.717) is 11.3 Å².